The number of carbonyl (C=O) groups excluding carboxylic acids is 2. The van der Waals surface area contributed by atoms with E-state index in [9.17, 15) is 14.0 Å². The smallest absolute Gasteiger partial charge is 0.243 e. The van der Waals surface area contributed by atoms with Crippen LogP contribution < -0.4 is 15.8 Å². The largest absolute Gasteiger partial charge is 0.357 e. The summed E-state index contributed by atoms with van der Waals surface area (Å²) in [6, 6.07) is 5.75. The minimum absolute atomic E-state index is 0.240. The van der Waals surface area contributed by atoms with Gasteiger partial charge in [0.05, 0.1) is 0 Å². The first kappa shape index (κ1) is 17.7. The fourth-order valence-corrected chi connectivity index (χ4v) is 4.02. The van der Waals surface area contributed by atoms with Gasteiger partial charge in [0, 0.05) is 18.8 Å². The number of hydrogen-bond donors (Lipinski definition) is 3. The Labute approximate surface area is 130 Å². The van der Waals surface area contributed by atoms with Crippen LogP contribution in [-0.2, 0) is 9.59 Å². The van der Waals surface area contributed by atoms with E-state index in [1.807, 2.05) is 0 Å². The summed E-state index contributed by atoms with van der Waals surface area (Å²) in [6.45, 7) is 5.55. The van der Waals surface area contributed by atoms with Crippen LogP contribution in [0.5, 0.6) is 0 Å². The first-order valence-corrected chi connectivity index (χ1v) is 10.5. The van der Waals surface area contributed by atoms with Crippen molar-refractivity contribution >= 4 is 37.7 Å². The van der Waals surface area contributed by atoms with Crippen molar-refractivity contribution in [2.24, 2.45) is 0 Å². The van der Waals surface area contributed by atoms with E-state index in [2.05, 4.69) is 36.4 Å². The van der Waals surface area contributed by atoms with Crippen LogP contribution in [0.15, 0.2) is 24.3 Å². The molecule has 0 spiro atoms. The monoisotopic (exact) mass is 328 g/mol. The van der Waals surface area contributed by atoms with Crippen LogP contribution in [0.3, 0.4) is 0 Å². The molecule has 7 heteroatoms. The highest BCUT2D eigenvalue weighted by molar-refractivity contribution is 7.80. The molecule has 2 N–H and O–H groups in total. The summed E-state index contributed by atoms with van der Waals surface area (Å²) in [5.41, 5.74) is 0. The fourth-order valence-electron chi connectivity index (χ4n) is 1.87. The quantitative estimate of drug-likeness (QED) is 0.535. The molecule has 1 aromatic carbocycles. The molecule has 2 amide bonds. The van der Waals surface area contributed by atoms with Crippen LogP contribution in [0.1, 0.15) is 6.92 Å². The van der Waals surface area contributed by atoms with Crippen molar-refractivity contribution in [2.45, 2.75) is 26.1 Å². The Kier molecular flexibility index (Phi) is 6.41. The van der Waals surface area contributed by atoms with Gasteiger partial charge < -0.3 is 10.6 Å². The second kappa shape index (κ2) is 7.60. The Morgan fingerprint density at radius 3 is 2.33 bits per heavy atom. The molecule has 0 aliphatic heterocycles. The van der Waals surface area contributed by atoms with E-state index in [-0.39, 0.29) is 23.4 Å². The maximum Gasteiger partial charge on any atom is 0.243 e. The molecule has 0 saturated carbocycles. The van der Waals surface area contributed by atoms with Gasteiger partial charge in [0.1, 0.15) is 19.9 Å². The summed E-state index contributed by atoms with van der Waals surface area (Å²) < 4.78 is 13.0. The molecule has 4 nitrogen and oxygen atoms in total. The number of hydrogen-bond acceptors (Lipinski definition) is 3. The predicted molar refractivity (Wildman–Crippen MR) is 88.0 cm³/mol. The van der Waals surface area contributed by atoms with Crippen LogP contribution in [0.2, 0.25) is 13.1 Å². The molecule has 0 aliphatic carbocycles. The summed E-state index contributed by atoms with van der Waals surface area (Å²) in [6.07, 6.45) is 0.515. The Hall–Kier alpha value is -1.34. The van der Waals surface area contributed by atoms with Crippen LogP contribution >= 0.6 is 12.6 Å². The van der Waals surface area contributed by atoms with Crippen LogP contribution in [0.25, 0.3) is 0 Å². The minimum atomic E-state index is -1.90. The molecule has 0 unspecified atom stereocenters. The van der Waals surface area contributed by atoms with Crippen LogP contribution in [0, 0.1) is 5.82 Å². The fraction of sp³-hybridized carbons (Fsp3) is 0.429. The molecule has 0 saturated heterocycles. The number of rotatable bonds is 6. The first-order valence-electron chi connectivity index (χ1n) is 6.68. The van der Waals surface area contributed by atoms with Crippen LogP contribution in [0.4, 0.5) is 4.39 Å². The van der Waals surface area contributed by atoms with Crippen molar-refractivity contribution < 1.29 is 14.0 Å². The average Bonchev–Trinajstić information content (AvgIpc) is 2.42. The van der Waals surface area contributed by atoms with Gasteiger partial charge >= 0.3 is 0 Å². The van der Waals surface area contributed by atoms with E-state index in [0.717, 1.165) is 5.19 Å². The predicted octanol–water partition coefficient (Wildman–Crippen LogP) is 0.831. The highest BCUT2D eigenvalue weighted by atomic mass is 32.1. The molecule has 0 heterocycles. The Bertz CT molecular complexity index is 508. The van der Waals surface area contributed by atoms with Crippen molar-refractivity contribution in [3.8, 4) is 0 Å². The molecule has 1 aromatic rings. The van der Waals surface area contributed by atoms with Crippen LogP contribution in [-0.4, -0.2) is 37.9 Å². The minimum Gasteiger partial charge on any atom is -0.357 e. The van der Waals surface area contributed by atoms with Gasteiger partial charge in [-0.25, -0.2) is 4.39 Å². The lowest BCUT2D eigenvalue weighted by Gasteiger charge is -2.25. The van der Waals surface area contributed by atoms with Crippen molar-refractivity contribution in [2.75, 3.05) is 11.9 Å². The molecule has 116 valence electrons. The lowest BCUT2D eigenvalue weighted by atomic mass is 10.3. The summed E-state index contributed by atoms with van der Waals surface area (Å²) >= 11 is 4.07. The SMILES string of the molecule is CC(=O)N[C@@H](CS)C(=O)NC[Si](C)(C)c1ccc(F)cc1. The molecule has 0 radical (unpaired) electrons. The van der Waals surface area contributed by atoms with Crippen molar-refractivity contribution in [1.82, 2.24) is 10.6 Å². The third kappa shape index (κ3) is 5.51. The van der Waals surface area contributed by atoms with Gasteiger partial charge in [-0.05, 0) is 12.1 Å². The second-order valence-electron chi connectivity index (χ2n) is 5.54. The van der Waals surface area contributed by atoms with E-state index in [1.54, 1.807) is 12.1 Å². The standard InChI is InChI=1S/C14H21FN2O2SSi/c1-10(18)17-13(8-20)14(19)16-9-21(2,3)12-6-4-11(15)5-7-12/h4-7,13,20H,8-9H2,1-3H3,(H,16,19)(H,17,18)/t13-/m0/s1. The summed E-state index contributed by atoms with van der Waals surface area (Å²) in [5.74, 6) is -0.542. The van der Waals surface area contributed by atoms with Gasteiger partial charge in [-0.2, -0.15) is 12.6 Å². The zero-order valence-electron chi connectivity index (χ0n) is 12.4. The third-order valence-electron chi connectivity index (χ3n) is 3.21. The van der Waals surface area contributed by atoms with E-state index < -0.39 is 14.1 Å². The van der Waals surface area contributed by atoms with E-state index in [1.165, 1.54) is 19.1 Å². The number of halogens is 1. The number of nitrogens with one attached hydrogen (secondary N) is 2. The number of benzene rings is 1. The maximum atomic E-state index is 13.0. The Balaban J connectivity index is 2.65. The molecule has 21 heavy (non-hydrogen) atoms. The van der Waals surface area contributed by atoms with Gasteiger partial charge in [-0.15, -0.1) is 0 Å². The van der Waals surface area contributed by atoms with Gasteiger partial charge in [0.2, 0.25) is 11.8 Å². The summed E-state index contributed by atoms with van der Waals surface area (Å²) in [7, 11) is -1.90. The van der Waals surface area contributed by atoms with E-state index in [4.69, 9.17) is 0 Å². The summed E-state index contributed by atoms with van der Waals surface area (Å²) in [4.78, 5) is 23.0. The molecular formula is C14H21FN2O2SSi. The molecule has 0 aliphatic rings. The van der Waals surface area contributed by atoms with E-state index >= 15 is 0 Å². The summed E-state index contributed by atoms with van der Waals surface area (Å²) in [5, 5.41) is 6.47. The lowest BCUT2D eigenvalue weighted by molar-refractivity contribution is -0.127. The zero-order valence-corrected chi connectivity index (χ0v) is 14.3. The highest BCUT2D eigenvalue weighted by Gasteiger charge is 2.26. The third-order valence-corrected chi connectivity index (χ3v) is 6.53. The van der Waals surface area contributed by atoms with Crippen molar-refractivity contribution in [3.05, 3.63) is 30.1 Å². The topological polar surface area (TPSA) is 58.2 Å². The van der Waals surface area contributed by atoms with E-state index in [0.29, 0.717) is 6.17 Å². The first-order chi connectivity index (χ1) is 9.76. The van der Waals surface area contributed by atoms with Gasteiger partial charge in [-0.3, -0.25) is 9.59 Å². The Morgan fingerprint density at radius 1 is 1.29 bits per heavy atom. The number of thiol groups is 1. The number of carbonyl (C=O) groups is 2. The molecule has 1 rings (SSSR count). The average molecular weight is 328 g/mol. The lowest BCUT2D eigenvalue weighted by Crippen LogP contribution is -2.55. The molecule has 1 atom stereocenters. The van der Waals surface area contributed by atoms with Gasteiger partial charge in [-0.1, -0.05) is 30.4 Å². The highest BCUT2D eigenvalue weighted by Crippen LogP contribution is 2.04. The molecule has 0 fully saturated rings. The molecular weight excluding hydrogens is 307 g/mol. The zero-order chi connectivity index (χ0) is 16.0. The Morgan fingerprint density at radius 2 is 1.86 bits per heavy atom. The molecule has 0 aromatic heterocycles. The number of amides is 2. The van der Waals surface area contributed by atoms with Crippen molar-refractivity contribution in [1.29, 1.82) is 0 Å². The van der Waals surface area contributed by atoms with Crippen molar-refractivity contribution in [3.63, 3.8) is 0 Å². The maximum absolute atomic E-state index is 13.0. The second-order valence-corrected chi connectivity index (χ2v) is 10.6. The van der Waals surface area contributed by atoms with Gasteiger partial charge in [0.25, 0.3) is 0 Å². The molecule has 0 bridgehead atoms. The normalized spacial score (nSPS) is 12.6. The van der Waals surface area contributed by atoms with Gasteiger partial charge in [0.15, 0.2) is 0 Å².